The van der Waals surface area contributed by atoms with Gasteiger partial charge in [0.1, 0.15) is 12.7 Å². The second-order valence-electron chi connectivity index (χ2n) is 6.05. The number of methoxy groups -OCH3 is 1. The van der Waals surface area contributed by atoms with E-state index in [1.54, 1.807) is 36.9 Å². The quantitative estimate of drug-likeness (QED) is 0.831. The van der Waals surface area contributed by atoms with E-state index in [9.17, 15) is 9.59 Å². The Morgan fingerprint density at radius 1 is 1.16 bits per heavy atom. The lowest BCUT2D eigenvalue weighted by Gasteiger charge is -2.29. The molecule has 0 radical (unpaired) electrons. The van der Waals surface area contributed by atoms with Crippen molar-refractivity contribution in [3.05, 3.63) is 42.5 Å². The Balaban J connectivity index is 1.46. The summed E-state index contributed by atoms with van der Waals surface area (Å²) >= 11 is 0. The van der Waals surface area contributed by atoms with E-state index < -0.39 is 5.97 Å². The van der Waals surface area contributed by atoms with Gasteiger partial charge in [-0.3, -0.25) is 0 Å². The summed E-state index contributed by atoms with van der Waals surface area (Å²) in [7, 11) is 1.33. The maximum absolute atomic E-state index is 12.1. The summed E-state index contributed by atoms with van der Waals surface area (Å²) in [5.41, 5.74) is 1.07. The Bertz CT molecular complexity index is 706. The predicted molar refractivity (Wildman–Crippen MR) is 91.3 cm³/mol. The SMILES string of the molecule is COC(=O)c1ccc(NC(=O)NC2CCC(n3cncn3)CC2)cc1. The van der Waals surface area contributed by atoms with Gasteiger partial charge in [0.25, 0.3) is 0 Å². The van der Waals surface area contributed by atoms with Crippen LogP contribution in [0.2, 0.25) is 0 Å². The van der Waals surface area contributed by atoms with Crippen molar-refractivity contribution in [2.45, 2.75) is 37.8 Å². The summed E-state index contributed by atoms with van der Waals surface area (Å²) in [4.78, 5) is 27.5. The van der Waals surface area contributed by atoms with Crippen molar-refractivity contribution in [1.29, 1.82) is 0 Å². The molecule has 8 heteroatoms. The molecule has 1 heterocycles. The van der Waals surface area contributed by atoms with E-state index >= 15 is 0 Å². The van der Waals surface area contributed by atoms with Crippen LogP contribution < -0.4 is 10.6 Å². The first kappa shape index (κ1) is 16.9. The fourth-order valence-electron chi connectivity index (χ4n) is 3.05. The van der Waals surface area contributed by atoms with E-state index in [1.807, 2.05) is 4.68 Å². The van der Waals surface area contributed by atoms with Crippen LogP contribution in [0.4, 0.5) is 10.5 Å². The van der Waals surface area contributed by atoms with Crippen LogP contribution in [0, 0.1) is 0 Å². The number of anilines is 1. The average Bonchev–Trinajstić information content (AvgIpc) is 3.17. The third kappa shape index (κ3) is 4.34. The smallest absolute Gasteiger partial charge is 0.337 e. The van der Waals surface area contributed by atoms with Crippen molar-refractivity contribution in [3.8, 4) is 0 Å². The van der Waals surface area contributed by atoms with E-state index in [-0.39, 0.29) is 12.1 Å². The molecule has 0 spiro atoms. The Labute approximate surface area is 145 Å². The highest BCUT2D eigenvalue weighted by Crippen LogP contribution is 2.27. The lowest BCUT2D eigenvalue weighted by atomic mass is 9.91. The van der Waals surface area contributed by atoms with Gasteiger partial charge in [-0.1, -0.05) is 0 Å². The molecule has 1 aromatic carbocycles. The van der Waals surface area contributed by atoms with Crippen LogP contribution in [0.1, 0.15) is 42.1 Å². The van der Waals surface area contributed by atoms with Crippen LogP contribution in [-0.4, -0.2) is 39.9 Å². The number of hydrogen-bond donors (Lipinski definition) is 2. The van der Waals surface area contributed by atoms with Crippen LogP contribution >= 0.6 is 0 Å². The number of urea groups is 1. The number of nitrogens with one attached hydrogen (secondary N) is 2. The summed E-state index contributed by atoms with van der Waals surface area (Å²) in [5, 5.41) is 9.96. The molecule has 0 atom stereocenters. The largest absolute Gasteiger partial charge is 0.465 e. The summed E-state index contributed by atoms with van der Waals surface area (Å²) in [5.74, 6) is -0.403. The van der Waals surface area contributed by atoms with E-state index in [1.165, 1.54) is 7.11 Å². The lowest BCUT2D eigenvalue weighted by molar-refractivity contribution is 0.0600. The maximum Gasteiger partial charge on any atom is 0.337 e. The minimum atomic E-state index is -0.403. The number of aromatic nitrogens is 3. The fourth-order valence-corrected chi connectivity index (χ4v) is 3.05. The monoisotopic (exact) mass is 343 g/mol. The number of esters is 1. The zero-order valence-corrected chi connectivity index (χ0v) is 14.0. The number of hydrogen-bond acceptors (Lipinski definition) is 5. The molecule has 1 aromatic heterocycles. The Hall–Kier alpha value is -2.90. The number of amides is 2. The molecule has 0 saturated heterocycles. The van der Waals surface area contributed by atoms with Gasteiger partial charge >= 0.3 is 12.0 Å². The van der Waals surface area contributed by atoms with Gasteiger partial charge in [-0.2, -0.15) is 5.10 Å². The second-order valence-corrected chi connectivity index (χ2v) is 6.05. The number of rotatable bonds is 4. The predicted octanol–water partition coefficient (Wildman–Crippen LogP) is 2.37. The number of carbonyl (C=O) groups excluding carboxylic acids is 2. The van der Waals surface area contributed by atoms with Crippen LogP contribution in [-0.2, 0) is 4.74 Å². The van der Waals surface area contributed by atoms with Gasteiger partial charge in [0.2, 0.25) is 0 Å². The Kier molecular flexibility index (Phi) is 5.27. The van der Waals surface area contributed by atoms with Crippen molar-refractivity contribution >= 4 is 17.7 Å². The van der Waals surface area contributed by atoms with Gasteiger partial charge in [0.15, 0.2) is 0 Å². The van der Waals surface area contributed by atoms with Gasteiger partial charge in [0.05, 0.1) is 18.7 Å². The molecule has 2 N–H and O–H groups in total. The zero-order valence-electron chi connectivity index (χ0n) is 14.0. The highest BCUT2D eigenvalue weighted by molar-refractivity contribution is 5.92. The molecule has 3 rings (SSSR count). The first-order chi connectivity index (χ1) is 12.2. The highest BCUT2D eigenvalue weighted by Gasteiger charge is 2.23. The molecule has 132 valence electrons. The molecule has 1 aliphatic carbocycles. The highest BCUT2D eigenvalue weighted by atomic mass is 16.5. The summed E-state index contributed by atoms with van der Waals surface area (Å²) in [6.07, 6.45) is 7.01. The van der Waals surface area contributed by atoms with Gasteiger partial charge in [-0.15, -0.1) is 0 Å². The molecule has 2 aromatic rings. The molecule has 0 unspecified atom stereocenters. The normalized spacial score (nSPS) is 19.9. The van der Waals surface area contributed by atoms with Crippen LogP contribution in [0.3, 0.4) is 0 Å². The summed E-state index contributed by atoms with van der Waals surface area (Å²) in [6, 6.07) is 6.84. The number of benzene rings is 1. The number of carbonyl (C=O) groups is 2. The molecular weight excluding hydrogens is 322 g/mol. The lowest BCUT2D eigenvalue weighted by Crippen LogP contribution is -2.40. The third-order valence-corrected chi connectivity index (χ3v) is 4.41. The second kappa shape index (κ2) is 7.78. The van der Waals surface area contributed by atoms with E-state index in [0.29, 0.717) is 17.3 Å². The minimum Gasteiger partial charge on any atom is -0.465 e. The minimum absolute atomic E-state index is 0.147. The third-order valence-electron chi connectivity index (χ3n) is 4.41. The van der Waals surface area contributed by atoms with Gasteiger partial charge < -0.3 is 15.4 Å². The van der Waals surface area contributed by atoms with Crippen LogP contribution in [0.15, 0.2) is 36.9 Å². The molecule has 1 saturated carbocycles. The molecular formula is C17H21N5O3. The molecule has 1 fully saturated rings. The average molecular weight is 343 g/mol. The van der Waals surface area contributed by atoms with Gasteiger partial charge in [-0.05, 0) is 49.9 Å². The molecule has 8 nitrogen and oxygen atoms in total. The summed E-state index contributed by atoms with van der Waals surface area (Å²) in [6.45, 7) is 0. The van der Waals surface area contributed by atoms with Gasteiger partial charge in [-0.25, -0.2) is 19.3 Å². The van der Waals surface area contributed by atoms with Crippen molar-refractivity contribution in [2.75, 3.05) is 12.4 Å². The van der Waals surface area contributed by atoms with Crippen molar-refractivity contribution in [3.63, 3.8) is 0 Å². The van der Waals surface area contributed by atoms with E-state index in [2.05, 4.69) is 25.5 Å². The molecule has 0 aliphatic heterocycles. The zero-order chi connectivity index (χ0) is 17.6. The first-order valence-electron chi connectivity index (χ1n) is 8.25. The van der Waals surface area contributed by atoms with E-state index in [0.717, 1.165) is 25.7 Å². The van der Waals surface area contributed by atoms with Gasteiger partial charge in [0, 0.05) is 11.7 Å². The fraction of sp³-hybridized carbons (Fsp3) is 0.412. The standard InChI is InChI=1S/C17H21N5O3/c1-25-16(23)12-2-4-13(5-3-12)20-17(24)21-14-6-8-15(9-7-14)22-11-18-10-19-22/h2-5,10-11,14-15H,6-9H2,1H3,(H2,20,21,24). The Morgan fingerprint density at radius 2 is 1.88 bits per heavy atom. The molecule has 25 heavy (non-hydrogen) atoms. The molecule has 1 aliphatic rings. The first-order valence-corrected chi connectivity index (χ1v) is 8.25. The summed E-state index contributed by atoms with van der Waals surface area (Å²) < 4.78 is 6.53. The van der Waals surface area contributed by atoms with E-state index in [4.69, 9.17) is 0 Å². The maximum atomic E-state index is 12.1. The molecule has 2 amide bonds. The van der Waals surface area contributed by atoms with Crippen molar-refractivity contribution < 1.29 is 14.3 Å². The van der Waals surface area contributed by atoms with Crippen molar-refractivity contribution in [2.24, 2.45) is 0 Å². The Morgan fingerprint density at radius 3 is 2.48 bits per heavy atom. The van der Waals surface area contributed by atoms with Crippen LogP contribution in [0.5, 0.6) is 0 Å². The number of nitrogens with zero attached hydrogens (tertiary/aromatic N) is 3. The van der Waals surface area contributed by atoms with Crippen LogP contribution in [0.25, 0.3) is 0 Å². The topological polar surface area (TPSA) is 98.1 Å². The molecule has 0 bridgehead atoms. The van der Waals surface area contributed by atoms with Crippen molar-refractivity contribution in [1.82, 2.24) is 20.1 Å². The number of ether oxygens (including phenoxy) is 1.